The van der Waals surface area contributed by atoms with E-state index in [1.165, 1.54) is 0 Å². The summed E-state index contributed by atoms with van der Waals surface area (Å²) in [5.74, 6) is -4.31. The van der Waals surface area contributed by atoms with Gasteiger partial charge in [0.25, 0.3) is 0 Å². The molecule has 2 heterocycles. The van der Waals surface area contributed by atoms with E-state index in [4.69, 9.17) is 14.2 Å². The van der Waals surface area contributed by atoms with E-state index in [9.17, 15) is 30.6 Å². The topological polar surface area (TPSA) is 149 Å². The van der Waals surface area contributed by atoms with Gasteiger partial charge >= 0.3 is 5.97 Å². The summed E-state index contributed by atoms with van der Waals surface area (Å²) < 4.78 is 20.1. The zero-order chi connectivity index (χ0) is 26.1. The van der Waals surface area contributed by atoms with Crippen molar-refractivity contribution in [3.63, 3.8) is 0 Å². The fourth-order valence-electron chi connectivity index (χ4n) is 7.94. The predicted octanol–water partition coefficient (Wildman–Crippen LogP) is 0.0791. The molecule has 5 aliphatic rings. The molecule has 1 aromatic rings. The van der Waals surface area contributed by atoms with Gasteiger partial charge in [-0.2, -0.15) is 0 Å². The number of hydrogen-bond donors (Lipinski definition) is 6. The predicted molar refractivity (Wildman–Crippen MR) is 125 cm³/mol. The quantitative estimate of drug-likeness (QED) is 0.316. The number of fused-ring (bicyclic) bond motifs is 2. The summed E-state index contributed by atoms with van der Waals surface area (Å²) in [6.07, 6.45) is -4.41. The van der Waals surface area contributed by atoms with E-state index in [1.807, 2.05) is 25.1 Å². The van der Waals surface area contributed by atoms with E-state index in [1.54, 1.807) is 32.1 Å². The molecule has 2 aliphatic heterocycles. The average molecular weight is 503 g/mol. The Morgan fingerprint density at radius 1 is 1.11 bits per heavy atom. The van der Waals surface area contributed by atoms with Crippen molar-refractivity contribution < 1.29 is 44.8 Å². The second-order valence-electron chi connectivity index (χ2n) is 11.5. The molecule has 0 aromatic heterocycles. The number of hydrogen-bond acceptors (Lipinski definition) is 9. The van der Waals surface area contributed by atoms with Crippen LogP contribution in [0.2, 0.25) is 0 Å². The molecule has 2 saturated carbocycles. The highest BCUT2D eigenvalue weighted by molar-refractivity contribution is 5.40. The van der Waals surface area contributed by atoms with Crippen LogP contribution in [0.15, 0.2) is 54.1 Å². The minimum absolute atomic E-state index is 0.355. The lowest BCUT2D eigenvalue weighted by Gasteiger charge is -2.60. The number of rotatable bonds is 3. The van der Waals surface area contributed by atoms with Gasteiger partial charge in [-0.15, -0.1) is 0 Å². The third-order valence-electron chi connectivity index (χ3n) is 9.75. The zero-order valence-corrected chi connectivity index (χ0v) is 20.5. The van der Waals surface area contributed by atoms with Crippen LogP contribution in [-0.4, -0.2) is 84.1 Å². The molecule has 6 N–H and O–H groups in total. The molecule has 12 atom stereocenters. The van der Waals surface area contributed by atoms with Gasteiger partial charge in [-0.3, -0.25) is 0 Å². The molecule has 2 saturated heterocycles. The van der Waals surface area contributed by atoms with Crippen LogP contribution >= 0.6 is 0 Å². The molecule has 9 heteroatoms. The number of aliphatic hydroxyl groups excluding tert-OH is 4. The summed E-state index contributed by atoms with van der Waals surface area (Å²) in [4.78, 5) is 0. The Labute approximate surface area is 209 Å². The maximum atomic E-state index is 12.1. The lowest BCUT2D eigenvalue weighted by molar-refractivity contribution is -0.443. The molecule has 0 radical (unpaired) electrons. The first-order valence-corrected chi connectivity index (χ1v) is 12.4. The van der Waals surface area contributed by atoms with E-state index < -0.39 is 77.2 Å². The van der Waals surface area contributed by atoms with Crippen molar-refractivity contribution in [2.45, 2.75) is 80.0 Å². The fraction of sp³-hybridized carbons (Fsp3) is 0.630. The highest BCUT2D eigenvalue weighted by atomic mass is 16.9. The molecule has 4 fully saturated rings. The number of aliphatic hydroxyl groups is 6. The Morgan fingerprint density at radius 2 is 1.78 bits per heavy atom. The molecular weight excluding hydrogens is 468 g/mol. The first kappa shape index (κ1) is 24.7. The van der Waals surface area contributed by atoms with Gasteiger partial charge in [0, 0.05) is 17.4 Å². The maximum absolute atomic E-state index is 12.1. The lowest BCUT2D eigenvalue weighted by atomic mass is 9.53. The van der Waals surface area contributed by atoms with Crippen molar-refractivity contribution >= 4 is 0 Å². The summed E-state index contributed by atoms with van der Waals surface area (Å²) in [7, 11) is 0. The first-order chi connectivity index (χ1) is 16.8. The zero-order valence-electron chi connectivity index (χ0n) is 20.5. The Kier molecular flexibility index (Phi) is 4.97. The van der Waals surface area contributed by atoms with Crippen molar-refractivity contribution in [3.8, 4) is 0 Å². The highest BCUT2D eigenvalue weighted by Crippen LogP contribution is 2.71. The smallest absolute Gasteiger partial charge is 0.313 e. The summed E-state index contributed by atoms with van der Waals surface area (Å²) in [6, 6.07) is 9.04. The Balaban J connectivity index is 1.68. The molecule has 196 valence electrons. The van der Waals surface area contributed by atoms with Gasteiger partial charge in [0.15, 0.2) is 0 Å². The van der Waals surface area contributed by atoms with Crippen LogP contribution in [0.1, 0.15) is 32.8 Å². The molecular formula is C27H34O9. The number of benzene rings is 1. The maximum Gasteiger partial charge on any atom is 0.313 e. The lowest BCUT2D eigenvalue weighted by Crippen LogP contribution is -2.73. The van der Waals surface area contributed by atoms with Crippen LogP contribution in [0.5, 0.6) is 0 Å². The van der Waals surface area contributed by atoms with Crippen LogP contribution in [0.3, 0.4) is 0 Å². The molecule has 36 heavy (non-hydrogen) atoms. The highest BCUT2D eigenvalue weighted by Gasteiger charge is 2.84. The van der Waals surface area contributed by atoms with Crippen LogP contribution in [0.4, 0.5) is 0 Å². The van der Waals surface area contributed by atoms with Gasteiger partial charge < -0.3 is 44.8 Å². The van der Waals surface area contributed by atoms with Gasteiger partial charge in [0.1, 0.15) is 35.1 Å². The molecule has 3 bridgehead atoms. The second-order valence-corrected chi connectivity index (χ2v) is 11.5. The van der Waals surface area contributed by atoms with Crippen molar-refractivity contribution in [1.29, 1.82) is 0 Å². The largest absolute Gasteiger partial charge is 0.393 e. The van der Waals surface area contributed by atoms with Crippen LogP contribution in [0, 0.1) is 17.8 Å². The van der Waals surface area contributed by atoms with Gasteiger partial charge in [-0.05, 0) is 37.3 Å². The standard InChI is InChI=1S/C27H34O9/c1-13(2)24-11-15(4)26-17-10-14(3)19(29)25(17,33)22(31)23(32,12-28)20(30)18(26)21(24)34-27(35-24,36-26)16-8-6-5-7-9-16/h5-10,15,17-22,28-33H,1,11-12H2,2-4H3/t15-,17?,18?,19+,20?,21-,22-,23+,24-,25-,26+,27?/m1/s1. The van der Waals surface area contributed by atoms with Crippen molar-refractivity contribution in [2.24, 2.45) is 17.8 Å². The van der Waals surface area contributed by atoms with Gasteiger partial charge in [0.2, 0.25) is 0 Å². The Bertz CT molecular complexity index is 1140. The fourth-order valence-corrected chi connectivity index (χ4v) is 7.94. The van der Waals surface area contributed by atoms with E-state index in [-0.39, 0.29) is 0 Å². The van der Waals surface area contributed by atoms with Gasteiger partial charge in [-0.25, -0.2) is 0 Å². The van der Waals surface area contributed by atoms with Gasteiger partial charge in [0.05, 0.1) is 18.3 Å². The average Bonchev–Trinajstić information content (AvgIpc) is 3.22. The van der Waals surface area contributed by atoms with E-state index in [0.717, 1.165) is 0 Å². The van der Waals surface area contributed by atoms with E-state index >= 15 is 0 Å². The molecule has 3 aliphatic carbocycles. The summed E-state index contributed by atoms with van der Waals surface area (Å²) >= 11 is 0. The Morgan fingerprint density at radius 3 is 2.39 bits per heavy atom. The summed E-state index contributed by atoms with van der Waals surface area (Å²) in [5, 5.41) is 68.3. The third-order valence-corrected chi connectivity index (χ3v) is 9.75. The van der Waals surface area contributed by atoms with Gasteiger partial charge in [-0.1, -0.05) is 49.9 Å². The SMILES string of the molecule is C=C(C)[C@]12C[C@@H](C)[C@@]34OC(c5ccccc5)(O[C@@H]1C3C(O)[C@@](O)(CO)[C@@H](O)[C@@]1(O)C4C=C(C)[C@@H]1O)O2. The Hall–Kier alpha value is -1.66. The van der Waals surface area contributed by atoms with Crippen molar-refractivity contribution in [2.75, 3.05) is 6.61 Å². The number of ether oxygens (including phenoxy) is 3. The van der Waals surface area contributed by atoms with Crippen LogP contribution in [-0.2, 0) is 20.2 Å². The van der Waals surface area contributed by atoms with Crippen molar-refractivity contribution in [3.05, 3.63) is 59.7 Å². The minimum Gasteiger partial charge on any atom is -0.393 e. The minimum atomic E-state index is -2.60. The molecule has 0 spiro atoms. The van der Waals surface area contributed by atoms with Crippen molar-refractivity contribution in [1.82, 2.24) is 0 Å². The van der Waals surface area contributed by atoms with E-state index in [0.29, 0.717) is 23.1 Å². The molecule has 4 unspecified atom stereocenters. The van der Waals surface area contributed by atoms with Crippen LogP contribution < -0.4 is 0 Å². The monoisotopic (exact) mass is 502 g/mol. The van der Waals surface area contributed by atoms with E-state index in [2.05, 4.69) is 6.58 Å². The third kappa shape index (κ3) is 2.47. The molecule has 0 amide bonds. The second kappa shape index (κ2) is 7.25. The molecule has 1 aromatic carbocycles. The normalized spacial score (nSPS) is 55.0. The first-order valence-electron chi connectivity index (χ1n) is 12.4. The summed E-state index contributed by atoms with van der Waals surface area (Å²) in [6.45, 7) is 8.42. The van der Waals surface area contributed by atoms with Crippen LogP contribution in [0.25, 0.3) is 0 Å². The molecule has 6 rings (SSSR count). The summed E-state index contributed by atoms with van der Waals surface area (Å²) in [5.41, 5.74) is -5.99. The molecule has 9 nitrogen and oxygen atoms in total.